The molecule has 2 heterocycles. The molecule has 0 N–H and O–H groups in total. The first kappa shape index (κ1) is 21.5. The second-order valence-electron chi connectivity index (χ2n) is 8.34. The molecule has 0 saturated heterocycles. The summed E-state index contributed by atoms with van der Waals surface area (Å²) in [5.41, 5.74) is 1.45. The van der Waals surface area contributed by atoms with Gasteiger partial charge in [0, 0.05) is 19.2 Å². The topological polar surface area (TPSA) is 81.7 Å². The first-order valence-corrected chi connectivity index (χ1v) is 11.9. The molecule has 33 heavy (non-hydrogen) atoms. The Morgan fingerprint density at radius 1 is 1.15 bits per heavy atom. The zero-order valence-corrected chi connectivity index (χ0v) is 19.4. The average molecular weight is 464 g/mol. The molecule has 1 fully saturated rings. The molecule has 9 heteroatoms. The van der Waals surface area contributed by atoms with E-state index in [9.17, 15) is 9.59 Å². The summed E-state index contributed by atoms with van der Waals surface area (Å²) in [6.07, 6.45) is 2.41. The molecule has 1 aliphatic rings. The Morgan fingerprint density at radius 2 is 1.91 bits per heavy atom. The molecule has 0 atom stereocenters. The van der Waals surface area contributed by atoms with Gasteiger partial charge in [0.2, 0.25) is 11.7 Å². The van der Waals surface area contributed by atoms with Gasteiger partial charge in [-0.2, -0.15) is 0 Å². The van der Waals surface area contributed by atoms with Gasteiger partial charge in [0.1, 0.15) is 5.75 Å². The van der Waals surface area contributed by atoms with Crippen LogP contribution in [0.3, 0.4) is 0 Å². The fourth-order valence-electron chi connectivity index (χ4n) is 4.00. The summed E-state index contributed by atoms with van der Waals surface area (Å²) < 4.78 is 8.95. The van der Waals surface area contributed by atoms with Gasteiger partial charge in [-0.1, -0.05) is 42.1 Å². The Bertz CT molecular complexity index is 1390. The van der Waals surface area contributed by atoms with Crippen LogP contribution in [0.5, 0.6) is 5.75 Å². The highest BCUT2D eigenvalue weighted by atomic mass is 32.2. The predicted molar refractivity (Wildman–Crippen MR) is 128 cm³/mol. The van der Waals surface area contributed by atoms with E-state index in [1.165, 1.54) is 24.6 Å². The number of fused-ring (bicyclic) bond motifs is 3. The highest BCUT2D eigenvalue weighted by molar-refractivity contribution is 7.99. The lowest BCUT2D eigenvalue weighted by Gasteiger charge is -2.16. The molecule has 1 amide bonds. The molecule has 2 aromatic heterocycles. The molecule has 0 radical (unpaired) electrons. The number of hydrogen-bond acceptors (Lipinski definition) is 6. The normalized spacial score (nSPS) is 13.5. The zero-order valence-electron chi connectivity index (χ0n) is 18.6. The van der Waals surface area contributed by atoms with Crippen LogP contribution in [0.1, 0.15) is 18.4 Å². The van der Waals surface area contributed by atoms with Crippen molar-refractivity contribution in [3.8, 4) is 5.75 Å². The fraction of sp³-hybridized carbons (Fsp3) is 0.333. The molecule has 0 unspecified atom stereocenters. The van der Waals surface area contributed by atoms with E-state index in [0.717, 1.165) is 17.6 Å². The number of carbonyl (C=O) groups excluding carboxylic acids is 1. The molecule has 2 aromatic carbocycles. The van der Waals surface area contributed by atoms with Gasteiger partial charge in [-0.3, -0.25) is 18.6 Å². The van der Waals surface area contributed by atoms with Crippen molar-refractivity contribution >= 4 is 34.3 Å². The molecule has 1 saturated carbocycles. The van der Waals surface area contributed by atoms with Gasteiger partial charge in [-0.25, -0.2) is 0 Å². The third-order valence-electron chi connectivity index (χ3n) is 5.98. The second kappa shape index (κ2) is 8.90. The number of para-hydroxylation sites is 2. The molecule has 0 aliphatic heterocycles. The number of nitrogens with zero attached hydrogens (tertiary/aromatic N) is 5. The lowest BCUT2D eigenvalue weighted by molar-refractivity contribution is -0.127. The van der Waals surface area contributed by atoms with Gasteiger partial charge in [0.15, 0.2) is 5.16 Å². The smallest absolute Gasteiger partial charge is 0.263 e. The lowest BCUT2D eigenvalue weighted by Crippen LogP contribution is -2.30. The second-order valence-corrected chi connectivity index (χ2v) is 9.29. The number of ether oxygens (including phenoxy) is 1. The number of benzene rings is 2. The molecule has 1 aliphatic carbocycles. The lowest BCUT2D eigenvalue weighted by atomic mass is 10.2. The van der Waals surface area contributed by atoms with Crippen molar-refractivity contribution in [2.45, 2.75) is 24.5 Å². The number of carbonyl (C=O) groups is 1. The molecule has 0 spiro atoms. The third kappa shape index (κ3) is 4.20. The van der Waals surface area contributed by atoms with Crippen molar-refractivity contribution in [2.75, 3.05) is 26.5 Å². The predicted octanol–water partition coefficient (Wildman–Crippen LogP) is 3.06. The van der Waals surface area contributed by atoms with Crippen molar-refractivity contribution in [1.82, 2.24) is 24.1 Å². The molecular weight excluding hydrogens is 438 g/mol. The van der Waals surface area contributed by atoms with E-state index >= 15 is 0 Å². The van der Waals surface area contributed by atoms with Gasteiger partial charge in [0.25, 0.3) is 5.56 Å². The van der Waals surface area contributed by atoms with Crippen LogP contribution in [-0.4, -0.2) is 56.4 Å². The van der Waals surface area contributed by atoms with Crippen LogP contribution in [0.2, 0.25) is 0 Å². The van der Waals surface area contributed by atoms with Crippen molar-refractivity contribution < 1.29 is 9.53 Å². The summed E-state index contributed by atoms with van der Waals surface area (Å²) in [5.74, 6) is 2.12. The molecule has 5 rings (SSSR count). The Kier molecular flexibility index (Phi) is 5.80. The molecule has 8 nitrogen and oxygen atoms in total. The highest BCUT2D eigenvalue weighted by Gasteiger charge is 2.25. The Hall–Kier alpha value is -3.33. The standard InChI is InChI=1S/C24H25N5O3S/c1-27(13-16-11-12-16)21(30)15-33-24-26-25-23-28(14-17-7-3-6-10-20(17)32-2)22(31)18-8-4-5-9-19(18)29(23)24/h3-10,16H,11-15H2,1-2H3. The van der Waals surface area contributed by atoms with Crippen LogP contribution in [0.4, 0.5) is 0 Å². The van der Waals surface area contributed by atoms with Crippen LogP contribution in [0.25, 0.3) is 16.7 Å². The number of methoxy groups -OCH3 is 1. The van der Waals surface area contributed by atoms with Gasteiger partial charge in [-0.05, 0) is 37.0 Å². The van der Waals surface area contributed by atoms with Crippen LogP contribution >= 0.6 is 11.8 Å². The van der Waals surface area contributed by atoms with Crippen molar-refractivity contribution in [3.63, 3.8) is 0 Å². The summed E-state index contributed by atoms with van der Waals surface area (Å²) in [5, 5.41) is 9.86. The van der Waals surface area contributed by atoms with Gasteiger partial charge in [0.05, 0.1) is 30.3 Å². The van der Waals surface area contributed by atoms with Crippen molar-refractivity contribution in [3.05, 3.63) is 64.4 Å². The number of thioether (sulfide) groups is 1. The first-order chi connectivity index (χ1) is 16.1. The van der Waals surface area contributed by atoms with Crippen LogP contribution in [0, 0.1) is 5.92 Å². The maximum absolute atomic E-state index is 13.4. The summed E-state index contributed by atoms with van der Waals surface area (Å²) >= 11 is 1.34. The Balaban J connectivity index is 1.54. The van der Waals surface area contributed by atoms with E-state index in [4.69, 9.17) is 4.74 Å². The Labute approximate surface area is 195 Å². The minimum Gasteiger partial charge on any atom is -0.496 e. The number of aromatic nitrogens is 4. The number of rotatable bonds is 8. The number of amides is 1. The SMILES string of the molecule is COc1ccccc1Cn1c(=O)c2ccccc2n2c(SCC(=O)N(C)CC3CC3)nnc12. The zero-order chi connectivity index (χ0) is 22.9. The number of hydrogen-bond donors (Lipinski definition) is 0. The maximum Gasteiger partial charge on any atom is 0.263 e. The van der Waals surface area contributed by atoms with E-state index in [2.05, 4.69) is 10.2 Å². The van der Waals surface area contributed by atoms with Gasteiger partial charge in [-0.15, -0.1) is 10.2 Å². The van der Waals surface area contributed by atoms with Crippen molar-refractivity contribution in [1.29, 1.82) is 0 Å². The fourth-order valence-corrected chi connectivity index (χ4v) is 4.88. The largest absolute Gasteiger partial charge is 0.496 e. The Morgan fingerprint density at radius 3 is 2.70 bits per heavy atom. The quantitative estimate of drug-likeness (QED) is 0.374. The average Bonchev–Trinajstić information content (AvgIpc) is 3.56. The third-order valence-corrected chi connectivity index (χ3v) is 6.89. The van der Waals surface area contributed by atoms with Gasteiger partial charge < -0.3 is 9.64 Å². The van der Waals surface area contributed by atoms with Crippen LogP contribution in [-0.2, 0) is 11.3 Å². The molecular formula is C24H25N5O3S. The highest BCUT2D eigenvalue weighted by Crippen LogP contribution is 2.30. The van der Waals surface area contributed by atoms with E-state index in [1.54, 1.807) is 22.6 Å². The van der Waals surface area contributed by atoms with Crippen LogP contribution < -0.4 is 10.3 Å². The van der Waals surface area contributed by atoms with Crippen molar-refractivity contribution in [2.24, 2.45) is 5.92 Å². The first-order valence-electron chi connectivity index (χ1n) is 10.9. The summed E-state index contributed by atoms with van der Waals surface area (Å²) in [7, 11) is 3.46. The molecule has 4 aromatic rings. The van der Waals surface area contributed by atoms with Gasteiger partial charge >= 0.3 is 0 Å². The molecule has 0 bridgehead atoms. The van der Waals surface area contributed by atoms with E-state index in [0.29, 0.717) is 34.5 Å². The summed E-state index contributed by atoms with van der Waals surface area (Å²) in [6, 6.07) is 15.0. The summed E-state index contributed by atoms with van der Waals surface area (Å²) in [6.45, 7) is 1.10. The van der Waals surface area contributed by atoms with E-state index in [1.807, 2.05) is 53.9 Å². The summed E-state index contributed by atoms with van der Waals surface area (Å²) in [4.78, 5) is 27.8. The van der Waals surface area contributed by atoms with E-state index in [-0.39, 0.29) is 17.2 Å². The minimum atomic E-state index is -0.145. The van der Waals surface area contributed by atoms with E-state index < -0.39 is 0 Å². The minimum absolute atomic E-state index is 0.0651. The monoisotopic (exact) mass is 463 g/mol. The molecule has 170 valence electrons. The maximum atomic E-state index is 13.4. The van der Waals surface area contributed by atoms with Crippen LogP contribution in [0.15, 0.2) is 58.5 Å².